The van der Waals surface area contributed by atoms with Crippen molar-refractivity contribution in [3.05, 3.63) is 63.1 Å². The van der Waals surface area contributed by atoms with Gasteiger partial charge in [0.2, 0.25) is 5.43 Å². The highest BCUT2D eigenvalue weighted by Gasteiger charge is 2.22. The molecule has 2 heterocycles. The molecule has 1 aromatic carbocycles. The van der Waals surface area contributed by atoms with Gasteiger partial charge in [-0.1, -0.05) is 13.0 Å². The normalized spacial score (nSPS) is 18.7. The smallest absolute Gasteiger partial charge is 0.257 e. The number of H-pyrrole nitrogens is 1. The van der Waals surface area contributed by atoms with E-state index in [0.29, 0.717) is 37.9 Å². The molecule has 0 aliphatic carbocycles. The molecule has 1 amide bonds. The van der Waals surface area contributed by atoms with E-state index in [1.807, 2.05) is 0 Å². The van der Waals surface area contributed by atoms with Gasteiger partial charge in [0.25, 0.3) is 5.91 Å². The number of benzene rings is 1. The van der Waals surface area contributed by atoms with Crippen LogP contribution >= 0.6 is 0 Å². The minimum absolute atomic E-state index is 0.0277. The number of carbonyl (C=O) groups is 2. The number of hydrogen-bond acceptors (Lipinski definition) is 7. The van der Waals surface area contributed by atoms with Crippen LogP contribution in [0.4, 0.5) is 13.2 Å². The van der Waals surface area contributed by atoms with Crippen molar-refractivity contribution in [2.75, 3.05) is 34.0 Å². The van der Waals surface area contributed by atoms with Crippen molar-refractivity contribution in [1.82, 2.24) is 15.6 Å². The third kappa shape index (κ3) is 10.3. The van der Waals surface area contributed by atoms with Crippen LogP contribution in [0.5, 0.6) is 5.75 Å². The highest BCUT2D eigenvalue weighted by Crippen LogP contribution is 2.18. The van der Waals surface area contributed by atoms with E-state index < -0.39 is 34.3 Å². The number of aromatic nitrogens is 1. The van der Waals surface area contributed by atoms with Crippen molar-refractivity contribution in [2.24, 2.45) is 5.92 Å². The molecule has 3 atom stereocenters. The zero-order valence-corrected chi connectivity index (χ0v) is 22.0. The number of aromatic amines is 1. The summed E-state index contributed by atoms with van der Waals surface area (Å²) in [4.78, 5) is 36.4. The van der Waals surface area contributed by atoms with Crippen LogP contribution in [0.3, 0.4) is 0 Å². The average Bonchev–Trinajstić information content (AvgIpc) is 3.07. The molecule has 0 saturated carbocycles. The van der Waals surface area contributed by atoms with E-state index in [-0.39, 0.29) is 24.1 Å². The highest BCUT2D eigenvalue weighted by molar-refractivity contribution is 5.94. The topological polar surface area (TPSA) is 130 Å². The first-order valence-corrected chi connectivity index (χ1v) is 12.0. The molecular formula is C26H36F3N3O6. The summed E-state index contributed by atoms with van der Waals surface area (Å²) in [5.41, 5.74) is -1.80. The van der Waals surface area contributed by atoms with Crippen LogP contribution in [-0.4, -0.2) is 68.5 Å². The third-order valence-corrected chi connectivity index (χ3v) is 5.83. The van der Waals surface area contributed by atoms with Gasteiger partial charge in [0.05, 0.1) is 26.5 Å². The van der Waals surface area contributed by atoms with Gasteiger partial charge >= 0.3 is 0 Å². The lowest BCUT2D eigenvalue weighted by Gasteiger charge is -2.21. The number of amides is 1. The molecule has 1 aliphatic rings. The lowest BCUT2D eigenvalue weighted by atomic mass is 10.0. The standard InChI is InChI=1S/C14H10F2N2O4.C11H23NO2.CH3F/c15-8-2-1-7(10(16)3-8)4-18-14(22)9-5-17-11(6-19)13(21)12(9)20;1-9-8-12-10(2)4-5-11(9)14-7-6-13-3;1-2/h1-3,5-6,21H,4H2,(H,17,20)(H,18,22);9-12H,4-8H2,1-3H3;1H3. The van der Waals surface area contributed by atoms with Crippen LogP contribution in [0.1, 0.15) is 53.1 Å². The molecule has 0 bridgehead atoms. The molecule has 1 aliphatic heterocycles. The maximum Gasteiger partial charge on any atom is 0.257 e. The van der Waals surface area contributed by atoms with Gasteiger partial charge in [0.1, 0.15) is 22.9 Å². The van der Waals surface area contributed by atoms with Crippen molar-refractivity contribution < 1.29 is 37.3 Å². The van der Waals surface area contributed by atoms with Gasteiger partial charge in [-0.05, 0) is 31.7 Å². The second-order valence-electron chi connectivity index (χ2n) is 8.60. The first-order valence-electron chi connectivity index (χ1n) is 12.0. The van der Waals surface area contributed by atoms with Gasteiger partial charge in [0, 0.05) is 44.1 Å². The molecule has 3 unspecified atom stereocenters. The van der Waals surface area contributed by atoms with Crippen LogP contribution in [0.15, 0.2) is 29.2 Å². The zero-order valence-electron chi connectivity index (χ0n) is 22.0. The molecule has 1 fully saturated rings. The maximum absolute atomic E-state index is 13.4. The SMILES string of the molecule is CF.COCCOC1CCC(C)NCC1C.O=Cc1[nH]cc(C(=O)NCc2ccc(F)cc2F)c(=O)c1O. The van der Waals surface area contributed by atoms with Crippen molar-refractivity contribution in [3.63, 3.8) is 0 Å². The number of rotatable bonds is 8. The summed E-state index contributed by atoms with van der Waals surface area (Å²) in [6, 6.07) is 3.48. The summed E-state index contributed by atoms with van der Waals surface area (Å²) in [7, 11) is 2.21. The first-order chi connectivity index (χ1) is 18.2. The van der Waals surface area contributed by atoms with Crippen LogP contribution in [-0.2, 0) is 16.0 Å². The first kappa shape index (κ1) is 32.8. The quantitative estimate of drug-likeness (QED) is 0.297. The van der Waals surface area contributed by atoms with Gasteiger partial charge in [-0.25, -0.2) is 8.78 Å². The third-order valence-electron chi connectivity index (χ3n) is 5.83. The van der Waals surface area contributed by atoms with Crippen LogP contribution < -0.4 is 16.1 Å². The van der Waals surface area contributed by atoms with Crippen LogP contribution in [0.2, 0.25) is 0 Å². The summed E-state index contributed by atoms with van der Waals surface area (Å²) in [5, 5.41) is 15.2. The Morgan fingerprint density at radius 3 is 2.55 bits per heavy atom. The van der Waals surface area contributed by atoms with E-state index in [1.54, 1.807) is 7.11 Å². The van der Waals surface area contributed by atoms with E-state index in [9.17, 15) is 32.7 Å². The molecule has 4 N–H and O–H groups in total. The molecule has 0 radical (unpaired) electrons. The number of methoxy groups -OCH3 is 1. The Balaban J connectivity index is 0.000000389. The predicted octanol–water partition coefficient (Wildman–Crippen LogP) is 3.11. The highest BCUT2D eigenvalue weighted by atomic mass is 19.1. The van der Waals surface area contributed by atoms with E-state index >= 15 is 0 Å². The summed E-state index contributed by atoms with van der Waals surface area (Å²) < 4.78 is 46.4. The van der Waals surface area contributed by atoms with Crippen molar-refractivity contribution in [1.29, 1.82) is 0 Å². The van der Waals surface area contributed by atoms with Crippen molar-refractivity contribution in [3.8, 4) is 5.75 Å². The van der Waals surface area contributed by atoms with Gasteiger partial charge < -0.3 is 30.2 Å². The Bertz CT molecular complexity index is 1080. The summed E-state index contributed by atoms with van der Waals surface area (Å²) in [6.07, 6.45) is 3.97. The van der Waals surface area contributed by atoms with E-state index in [1.165, 1.54) is 12.8 Å². The van der Waals surface area contributed by atoms with Gasteiger partial charge in [-0.15, -0.1) is 0 Å². The molecule has 9 nitrogen and oxygen atoms in total. The number of pyridine rings is 1. The molecule has 38 heavy (non-hydrogen) atoms. The number of hydrogen-bond donors (Lipinski definition) is 4. The second-order valence-corrected chi connectivity index (χ2v) is 8.60. The molecule has 1 saturated heterocycles. The molecule has 2 aromatic rings. The number of ether oxygens (including phenoxy) is 2. The maximum atomic E-state index is 13.4. The molecule has 0 spiro atoms. The number of carbonyl (C=O) groups excluding carboxylic acids is 2. The number of halogens is 3. The van der Waals surface area contributed by atoms with E-state index in [2.05, 4.69) is 29.5 Å². The molecule has 1 aromatic heterocycles. The Morgan fingerprint density at radius 2 is 1.92 bits per heavy atom. The van der Waals surface area contributed by atoms with Crippen molar-refractivity contribution in [2.45, 2.75) is 45.4 Å². The van der Waals surface area contributed by atoms with Gasteiger partial charge in [-0.2, -0.15) is 0 Å². The fourth-order valence-electron chi connectivity index (χ4n) is 3.58. The van der Waals surface area contributed by atoms with Gasteiger partial charge in [-0.3, -0.25) is 18.8 Å². The molecule has 212 valence electrons. The summed E-state index contributed by atoms with van der Waals surface area (Å²) in [5.74, 6) is -2.74. The molecule has 3 rings (SSSR count). The van der Waals surface area contributed by atoms with Gasteiger partial charge in [0.15, 0.2) is 12.0 Å². The molecular weight excluding hydrogens is 507 g/mol. The number of nitrogens with one attached hydrogen (secondary N) is 3. The lowest BCUT2D eigenvalue weighted by Crippen LogP contribution is -2.30. The lowest BCUT2D eigenvalue weighted by molar-refractivity contribution is -0.00976. The van der Waals surface area contributed by atoms with Crippen LogP contribution in [0.25, 0.3) is 0 Å². The number of alkyl halides is 1. The minimum Gasteiger partial charge on any atom is -0.503 e. The second kappa shape index (κ2) is 17.3. The van der Waals surface area contributed by atoms with Crippen LogP contribution in [0, 0.1) is 17.6 Å². The summed E-state index contributed by atoms with van der Waals surface area (Å²) >= 11 is 0. The van der Waals surface area contributed by atoms with Crippen molar-refractivity contribution >= 4 is 12.2 Å². The van der Waals surface area contributed by atoms with E-state index in [0.717, 1.165) is 31.5 Å². The summed E-state index contributed by atoms with van der Waals surface area (Å²) in [6.45, 7) is 6.71. The number of aromatic hydroxyl groups is 1. The fourth-order valence-corrected chi connectivity index (χ4v) is 3.58. The average molecular weight is 544 g/mol. The monoisotopic (exact) mass is 543 g/mol. The number of aldehydes is 1. The zero-order chi connectivity index (χ0) is 28.7. The minimum atomic E-state index is -1.03. The Hall–Kier alpha value is -3.22. The largest absolute Gasteiger partial charge is 0.503 e. The van der Waals surface area contributed by atoms with E-state index in [4.69, 9.17) is 9.47 Å². The predicted molar refractivity (Wildman–Crippen MR) is 136 cm³/mol. The Morgan fingerprint density at radius 1 is 1.21 bits per heavy atom. The Kier molecular flexibility index (Phi) is 15.0. The molecule has 12 heteroatoms. The fraction of sp³-hybridized carbons (Fsp3) is 0.500. The Labute approximate surface area is 219 Å².